The molecule has 1 N–H and O–H groups in total. The summed E-state index contributed by atoms with van der Waals surface area (Å²) in [5.41, 5.74) is 5.14. The van der Waals surface area contributed by atoms with E-state index in [9.17, 15) is 0 Å². The molecule has 1 saturated heterocycles. The van der Waals surface area contributed by atoms with Crippen LogP contribution >= 0.6 is 23.2 Å². The second-order valence-electron chi connectivity index (χ2n) is 9.03. The van der Waals surface area contributed by atoms with Crippen molar-refractivity contribution in [2.24, 2.45) is 0 Å². The van der Waals surface area contributed by atoms with Gasteiger partial charge in [-0.25, -0.2) is 9.97 Å². The Labute approximate surface area is 227 Å². The molecule has 0 amide bonds. The summed E-state index contributed by atoms with van der Waals surface area (Å²) in [7, 11) is 4.39. The highest BCUT2D eigenvalue weighted by Gasteiger charge is 2.39. The second kappa shape index (κ2) is 12.6. The van der Waals surface area contributed by atoms with Crippen LogP contribution < -0.4 is 0 Å². The summed E-state index contributed by atoms with van der Waals surface area (Å²) < 4.78 is 23.7. The highest BCUT2D eigenvalue weighted by molar-refractivity contribution is 6.36. The van der Waals surface area contributed by atoms with Gasteiger partial charge in [0.1, 0.15) is 6.10 Å². The fourth-order valence-corrected chi connectivity index (χ4v) is 5.37. The van der Waals surface area contributed by atoms with Crippen molar-refractivity contribution in [1.82, 2.24) is 9.97 Å². The van der Waals surface area contributed by atoms with E-state index in [0.29, 0.717) is 15.9 Å². The molecule has 198 valence electrons. The smallest absolute Gasteiger partial charge is 0.184 e. The van der Waals surface area contributed by atoms with E-state index >= 15 is 0 Å². The van der Waals surface area contributed by atoms with Gasteiger partial charge in [0.2, 0.25) is 0 Å². The van der Waals surface area contributed by atoms with Crippen molar-refractivity contribution in [3.8, 4) is 22.6 Å². The van der Waals surface area contributed by atoms with E-state index in [1.807, 2.05) is 19.1 Å². The average Bonchev–Trinajstić information content (AvgIpc) is 3.31. The molecule has 9 heteroatoms. The van der Waals surface area contributed by atoms with Gasteiger partial charge in [-0.1, -0.05) is 35.3 Å². The molecule has 37 heavy (non-hydrogen) atoms. The van der Waals surface area contributed by atoms with Crippen molar-refractivity contribution in [2.75, 3.05) is 21.3 Å². The molecule has 1 aromatic heterocycles. The van der Waals surface area contributed by atoms with Crippen LogP contribution in [0.3, 0.4) is 0 Å². The molecule has 1 fully saturated rings. The number of aromatic nitrogens is 2. The number of benzene rings is 2. The van der Waals surface area contributed by atoms with Gasteiger partial charge >= 0.3 is 0 Å². The topological polar surface area (TPSA) is 82.9 Å². The van der Waals surface area contributed by atoms with Gasteiger partial charge < -0.3 is 24.1 Å². The predicted molar refractivity (Wildman–Crippen MR) is 144 cm³/mol. The monoisotopic (exact) mass is 546 g/mol. The maximum atomic E-state index is 7.00. The Kier molecular flexibility index (Phi) is 9.53. The predicted octanol–water partition coefficient (Wildman–Crippen LogP) is 5.37. The minimum Gasteiger partial charge on any atom is -0.400 e. The molecular weight excluding hydrogens is 515 g/mol. The number of halogens is 2. The first-order chi connectivity index (χ1) is 17.9. The third kappa shape index (κ3) is 6.32. The molecule has 0 spiro atoms. The van der Waals surface area contributed by atoms with Crippen LogP contribution in [-0.2, 0) is 31.8 Å². The molecule has 3 unspecified atom stereocenters. The third-order valence-corrected chi connectivity index (χ3v) is 7.35. The number of hydrogen-bond acceptors (Lipinski definition) is 7. The Morgan fingerprint density at radius 3 is 2.43 bits per heavy atom. The molecule has 5 atom stereocenters. The molecule has 2 aromatic carbocycles. The number of aliphatic hydroxyl groups is 1. The summed E-state index contributed by atoms with van der Waals surface area (Å²) in [4.78, 5) is 9.18. The number of ether oxygens (including phenoxy) is 4. The number of hydrogen-bond donors (Lipinski definition) is 1. The van der Waals surface area contributed by atoms with E-state index in [1.54, 1.807) is 32.5 Å². The van der Waals surface area contributed by atoms with Crippen LogP contribution in [0.1, 0.15) is 24.5 Å². The summed E-state index contributed by atoms with van der Waals surface area (Å²) in [6, 6.07) is 13.7. The highest BCUT2D eigenvalue weighted by Crippen LogP contribution is 2.33. The van der Waals surface area contributed by atoms with Crippen LogP contribution in [0.25, 0.3) is 22.6 Å². The molecule has 1 aliphatic carbocycles. The zero-order valence-electron chi connectivity index (χ0n) is 21.4. The lowest BCUT2D eigenvalue weighted by molar-refractivity contribution is -0.281. The zero-order chi connectivity index (χ0) is 26.5. The average molecular weight is 547 g/mol. The maximum Gasteiger partial charge on any atom is 0.184 e. The lowest BCUT2D eigenvalue weighted by Crippen LogP contribution is -2.49. The summed E-state index contributed by atoms with van der Waals surface area (Å²) in [5, 5.41) is 8.10. The Hall–Kier alpha value is -2.10. The highest BCUT2D eigenvalue weighted by atomic mass is 35.5. The minimum absolute atomic E-state index is 0.00337. The van der Waals surface area contributed by atoms with Crippen LogP contribution in [0, 0.1) is 0 Å². The van der Waals surface area contributed by atoms with E-state index in [4.69, 9.17) is 52.2 Å². The molecular formula is C28H32Cl2N2O5. The second-order valence-corrected chi connectivity index (χ2v) is 9.88. The van der Waals surface area contributed by atoms with Gasteiger partial charge in [0.15, 0.2) is 12.1 Å². The summed E-state index contributed by atoms with van der Waals surface area (Å²) in [6.07, 6.45) is 3.56. The van der Waals surface area contributed by atoms with Gasteiger partial charge in [-0.3, -0.25) is 0 Å². The van der Waals surface area contributed by atoms with Gasteiger partial charge in [0.25, 0.3) is 0 Å². The summed E-state index contributed by atoms with van der Waals surface area (Å²) >= 11 is 12.4. The van der Waals surface area contributed by atoms with E-state index in [1.165, 1.54) is 11.1 Å². The Morgan fingerprint density at radius 2 is 1.70 bits per heavy atom. The lowest BCUT2D eigenvalue weighted by atomic mass is 10.0. The Balaban J connectivity index is 0.00000156. The van der Waals surface area contributed by atoms with Crippen LogP contribution in [0.5, 0.6) is 0 Å². The quantitative estimate of drug-likeness (QED) is 0.444. The molecule has 0 bridgehead atoms. The van der Waals surface area contributed by atoms with Crippen molar-refractivity contribution < 1.29 is 24.1 Å². The molecule has 0 saturated carbocycles. The molecule has 0 radical (unpaired) electrons. The van der Waals surface area contributed by atoms with Crippen LogP contribution in [0.2, 0.25) is 10.0 Å². The molecule has 5 rings (SSSR count). The molecule has 1 aliphatic heterocycles. The van der Waals surface area contributed by atoms with Gasteiger partial charge in [0, 0.05) is 50.1 Å². The van der Waals surface area contributed by atoms with Crippen molar-refractivity contribution in [1.29, 1.82) is 0 Å². The number of aliphatic hydroxyl groups excluding tert-OH is 1. The maximum absolute atomic E-state index is 7.00. The van der Waals surface area contributed by atoms with Crippen molar-refractivity contribution in [3.05, 3.63) is 69.8 Å². The third-order valence-electron chi connectivity index (χ3n) is 6.80. The van der Waals surface area contributed by atoms with Crippen molar-refractivity contribution in [3.63, 3.8) is 0 Å². The van der Waals surface area contributed by atoms with E-state index < -0.39 is 6.29 Å². The zero-order valence-corrected chi connectivity index (χ0v) is 22.9. The number of methoxy groups -OCH3 is 2. The van der Waals surface area contributed by atoms with Crippen LogP contribution in [0.4, 0.5) is 0 Å². The Morgan fingerprint density at radius 1 is 0.946 bits per heavy atom. The molecule has 2 heterocycles. The van der Waals surface area contributed by atoms with E-state index in [2.05, 4.69) is 23.2 Å². The first-order valence-corrected chi connectivity index (χ1v) is 12.9. The summed E-state index contributed by atoms with van der Waals surface area (Å²) in [6.45, 7) is 2.01. The lowest BCUT2D eigenvalue weighted by Gasteiger charge is -2.39. The van der Waals surface area contributed by atoms with E-state index in [-0.39, 0.29) is 24.4 Å². The largest absolute Gasteiger partial charge is 0.400 e. The fourth-order valence-electron chi connectivity index (χ4n) is 4.88. The normalized spacial score (nSPS) is 24.8. The van der Waals surface area contributed by atoms with E-state index in [0.717, 1.165) is 43.2 Å². The van der Waals surface area contributed by atoms with Crippen LogP contribution in [-0.4, -0.2) is 67.1 Å². The molecule has 3 aromatic rings. The SMILES string of the molecule is CO.COC1C[C@@H](OC)C(OC2Cc3ccc(-c4ccnc(-c5ccc(Cl)cc5Cl)n4)cc3C2)O[C@H]1C. The van der Waals surface area contributed by atoms with Crippen molar-refractivity contribution >= 4 is 23.2 Å². The fraction of sp³-hybridized carbons (Fsp3) is 0.429. The molecule has 2 aliphatic rings. The Bertz CT molecular complexity index is 1210. The van der Waals surface area contributed by atoms with Crippen molar-refractivity contribution in [2.45, 2.75) is 56.9 Å². The van der Waals surface area contributed by atoms with Gasteiger partial charge in [-0.2, -0.15) is 0 Å². The van der Waals surface area contributed by atoms with Gasteiger partial charge in [0.05, 0.1) is 29.0 Å². The number of fused-ring (bicyclic) bond motifs is 1. The standard InChI is InChI=1S/C27H28Cl2N2O4.CH4O/c1-15-24(32-2)14-25(33-3)27(34-15)35-20-11-16-4-5-17(10-18(16)12-20)23-8-9-30-26(31-23)21-7-6-19(28)13-22(21)29;1-2/h4-10,13,15,20,24-25,27H,11-12,14H2,1-3H3;2H,1H3/t15-,20?,24?,25+,27?;/m0./s1. The number of nitrogens with zero attached hydrogens (tertiary/aromatic N) is 2. The molecule has 7 nitrogen and oxygen atoms in total. The first kappa shape index (κ1) is 27.9. The minimum atomic E-state index is -0.409. The first-order valence-electron chi connectivity index (χ1n) is 12.2. The number of rotatable bonds is 6. The summed E-state index contributed by atoms with van der Waals surface area (Å²) in [5.74, 6) is 0.564. The van der Waals surface area contributed by atoms with Gasteiger partial charge in [-0.15, -0.1) is 0 Å². The van der Waals surface area contributed by atoms with Crippen LogP contribution in [0.15, 0.2) is 48.7 Å². The van der Waals surface area contributed by atoms with Gasteiger partial charge in [-0.05, 0) is 61.2 Å².